The summed E-state index contributed by atoms with van der Waals surface area (Å²) in [6.07, 6.45) is 3.47. The van der Waals surface area contributed by atoms with E-state index >= 15 is 0 Å². The predicted octanol–water partition coefficient (Wildman–Crippen LogP) is 10.9. The summed E-state index contributed by atoms with van der Waals surface area (Å²) < 4.78 is 0. The van der Waals surface area contributed by atoms with Crippen molar-refractivity contribution in [3.05, 3.63) is 182 Å². The minimum atomic E-state index is 0.651. The molecule has 2 heterocycles. The van der Waals surface area contributed by atoms with Crippen LogP contribution in [0.15, 0.2) is 182 Å². The molecule has 0 fully saturated rings. The van der Waals surface area contributed by atoms with Crippen molar-refractivity contribution in [3.63, 3.8) is 0 Å². The molecule has 2 aromatic heterocycles. The fourth-order valence-electron chi connectivity index (χ4n) is 5.94. The van der Waals surface area contributed by atoms with Crippen LogP contribution in [0.3, 0.4) is 0 Å². The standard InChI is InChI=1S/C44H30N4/c1-3-8-31(9-4-1)33-18-22-37(23-19-33)43-46-30-47-44(48-43)38-24-20-35(21-25-38)34-14-16-36(17-15-34)39-12-7-13-41(28-39)42-29-40(26-27-45-42)32-10-5-2-6-11-32/h1-30H. The third-order valence-corrected chi connectivity index (χ3v) is 8.54. The molecule has 0 amide bonds. The molecule has 0 N–H and O–H groups in total. The van der Waals surface area contributed by atoms with Gasteiger partial charge in [0.05, 0.1) is 5.69 Å². The van der Waals surface area contributed by atoms with E-state index in [1.54, 1.807) is 6.33 Å². The maximum atomic E-state index is 4.79. The average molecular weight is 615 g/mol. The Morgan fingerprint density at radius 1 is 0.271 bits per heavy atom. The smallest absolute Gasteiger partial charge is 0.163 e. The zero-order valence-electron chi connectivity index (χ0n) is 26.1. The molecule has 0 aliphatic carbocycles. The van der Waals surface area contributed by atoms with Gasteiger partial charge in [-0.1, -0.05) is 152 Å². The lowest BCUT2D eigenvalue weighted by atomic mass is 9.97. The van der Waals surface area contributed by atoms with Crippen LogP contribution in [0, 0.1) is 0 Å². The highest BCUT2D eigenvalue weighted by molar-refractivity contribution is 5.77. The van der Waals surface area contributed by atoms with Crippen molar-refractivity contribution in [2.24, 2.45) is 0 Å². The summed E-state index contributed by atoms with van der Waals surface area (Å²) in [5.74, 6) is 1.31. The van der Waals surface area contributed by atoms with Gasteiger partial charge in [0, 0.05) is 22.9 Å². The molecule has 0 bridgehead atoms. The number of hydrogen-bond donors (Lipinski definition) is 0. The molecule has 4 heteroatoms. The van der Waals surface area contributed by atoms with Crippen LogP contribution < -0.4 is 0 Å². The van der Waals surface area contributed by atoms with Gasteiger partial charge in [-0.2, -0.15) is 0 Å². The number of rotatable bonds is 7. The lowest BCUT2D eigenvalue weighted by Gasteiger charge is -2.09. The Hall–Kier alpha value is -6.52. The molecular formula is C44H30N4. The fraction of sp³-hybridized carbons (Fsp3) is 0. The second-order valence-electron chi connectivity index (χ2n) is 11.6. The summed E-state index contributed by atoms with van der Waals surface area (Å²) in [6.45, 7) is 0. The van der Waals surface area contributed by atoms with Crippen LogP contribution in [0.2, 0.25) is 0 Å². The van der Waals surface area contributed by atoms with Gasteiger partial charge in [-0.3, -0.25) is 4.98 Å². The van der Waals surface area contributed by atoms with E-state index in [4.69, 9.17) is 4.98 Å². The summed E-state index contributed by atoms with van der Waals surface area (Å²) >= 11 is 0. The van der Waals surface area contributed by atoms with E-state index in [1.807, 2.05) is 30.5 Å². The Morgan fingerprint density at radius 2 is 0.667 bits per heavy atom. The summed E-state index contributed by atoms with van der Waals surface area (Å²) in [5, 5.41) is 0. The third-order valence-electron chi connectivity index (χ3n) is 8.54. The molecule has 4 nitrogen and oxygen atoms in total. The van der Waals surface area contributed by atoms with E-state index in [-0.39, 0.29) is 0 Å². The van der Waals surface area contributed by atoms with Crippen molar-refractivity contribution >= 4 is 0 Å². The highest BCUT2D eigenvalue weighted by atomic mass is 15.0. The van der Waals surface area contributed by atoms with Crippen LogP contribution >= 0.6 is 0 Å². The second-order valence-corrected chi connectivity index (χ2v) is 11.6. The van der Waals surface area contributed by atoms with E-state index in [0.717, 1.165) is 55.8 Å². The van der Waals surface area contributed by atoms with Gasteiger partial charge >= 0.3 is 0 Å². The van der Waals surface area contributed by atoms with Gasteiger partial charge in [0.2, 0.25) is 0 Å². The SMILES string of the molecule is c1ccc(-c2ccc(-c3ncnc(-c4ccc(-c5ccc(-c6cccc(-c7cc(-c8ccccc8)ccn7)c6)cc5)cc4)n3)cc2)cc1. The number of nitrogens with zero attached hydrogens (tertiary/aromatic N) is 4. The number of aromatic nitrogens is 4. The molecule has 226 valence electrons. The zero-order valence-corrected chi connectivity index (χ0v) is 26.1. The molecule has 48 heavy (non-hydrogen) atoms. The third kappa shape index (κ3) is 6.15. The number of hydrogen-bond acceptors (Lipinski definition) is 4. The first-order valence-electron chi connectivity index (χ1n) is 15.9. The predicted molar refractivity (Wildman–Crippen MR) is 196 cm³/mol. The normalized spacial score (nSPS) is 10.9. The highest BCUT2D eigenvalue weighted by Gasteiger charge is 2.09. The van der Waals surface area contributed by atoms with Crippen LogP contribution in [-0.4, -0.2) is 19.9 Å². The molecule has 8 aromatic rings. The van der Waals surface area contributed by atoms with E-state index in [1.165, 1.54) is 11.1 Å². The molecule has 8 rings (SSSR count). The summed E-state index contributed by atoms with van der Waals surface area (Å²) in [6, 6.07) is 58.9. The molecule has 0 aliphatic rings. The summed E-state index contributed by atoms with van der Waals surface area (Å²) in [4.78, 5) is 18.4. The molecule has 0 atom stereocenters. The van der Waals surface area contributed by atoms with Crippen LogP contribution in [0.25, 0.3) is 78.5 Å². The fourth-order valence-corrected chi connectivity index (χ4v) is 5.94. The van der Waals surface area contributed by atoms with Gasteiger partial charge in [-0.15, -0.1) is 0 Å². The summed E-state index contributed by atoms with van der Waals surface area (Å²) in [7, 11) is 0. The van der Waals surface area contributed by atoms with Crippen molar-refractivity contribution in [2.75, 3.05) is 0 Å². The Labute approximate surface area is 280 Å². The second kappa shape index (κ2) is 13.1. The minimum absolute atomic E-state index is 0.651. The first-order valence-corrected chi connectivity index (χ1v) is 15.9. The highest BCUT2D eigenvalue weighted by Crippen LogP contribution is 2.31. The minimum Gasteiger partial charge on any atom is -0.256 e. The van der Waals surface area contributed by atoms with Crippen LogP contribution in [-0.2, 0) is 0 Å². The van der Waals surface area contributed by atoms with E-state index in [2.05, 4.69) is 161 Å². The van der Waals surface area contributed by atoms with E-state index < -0.39 is 0 Å². The lowest BCUT2D eigenvalue weighted by Crippen LogP contribution is -1.95. The molecule has 0 saturated carbocycles. The first-order chi connectivity index (χ1) is 23.8. The molecule has 6 aromatic carbocycles. The van der Waals surface area contributed by atoms with Crippen molar-refractivity contribution in [1.29, 1.82) is 0 Å². The number of pyridine rings is 1. The Morgan fingerprint density at radius 3 is 1.21 bits per heavy atom. The monoisotopic (exact) mass is 614 g/mol. The maximum Gasteiger partial charge on any atom is 0.163 e. The Kier molecular flexibility index (Phi) is 7.87. The molecule has 0 radical (unpaired) electrons. The maximum absolute atomic E-state index is 4.79. The molecule has 0 aliphatic heterocycles. The topological polar surface area (TPSA) is 51.6 Å². The van der Waals surface area contributed by atoms with Gasteiger partial charge in [-0.05, 0) is 62.7 Å². The zero-order chi connectivity index (χ0) is 32.1. The van der Waals surface area contributed by atoms with Crippen molar-refractivity contribution in [1.82, 2.24) is 19.9 Å². The molecule has 0 saturated heterocycles. The Bertz CT molecular complexity index is 2300. The molecule has 0 unspecified atom stereocenters. The lowest BCUT2D eigenvalue weighted by molar-refractivity contribution is 1.07. The van der Waals surface area contributed by atoms with Gasteiger partial charge in [-0.25, -0.2) is 15.0 Å². The van der Waals surface area contributed by atoms with Crippen LogP contribution in [0.5, 0.6) is 0 Å². The van der Waals surface area contributed by atoms with Crippen molar-refractivity contribution in [2.45, 2.75) is 0 Å². The number of benzene rings is 6. The van der Waals surface area contributed by atoms with Crippen molar-refractivity contribution < 1.29 is 0 Å². The Balaban J connectivity index is 0.987. The van der Waals surface area contributed by atoms with Gasteiger partial charge < -0.3 is 0 Å². The average Bonchev–Trinajstić information content (AvgIpc) is 3.19. The molecular weight excluding hydrogens is 585 g/mol. The van der Waals surface area contributed by atoms with Gasteiger partial charge in [0.15, 0.2) is 11.6 Å². The quantitative estimate of drug-likeness (QED) is 0.179. The van der Waals surface area contributed by atoms with Crippen LogP contribution in [0.1, 0.15) is 0 Å². The van der Waals surface area contributed by atoms with Gasteiger partial charge in [0.1, 0.15) is 6.33 Å². The summed E-state index contributed by atoms with van der Waals surface area (Å²) in [5.41, 5.74) is 13.2. The van der Waals surface area contributed by atoms with Crippen LogP contribution in [0.4, 0.5) is 0 Å². The van der Waals surface area contributed by atoms with E-state index in [9.17, 15) is 0 Å². The molecule has 0 spiro atoms. The van der Waals surface area contributed by atoms with Gasteiger partial charge in [0.25, 0.3) is 0 Å². The van der Waals surface area contributed by atoms with E-state index in [0.29, 0.717) is 11.6 Å². The first kappa shape index (κ1) is 28.9. The largest absolute Gasteiger partial charge is 0.256 e. The van der Waals surface area contributed by atoms with Crippen molar-refractivity contribution in [3.8, 4) is 78.5 Å².